The molecule has 2 unspecified atom stereocenters. The number of aliphatic hydroxyl groups excluding tert-OH is 1. The van der Waals surface area contributed by atoms with E-state index in [0.29, 0.717) is 12.8 Å². The van der Waals surface area contributed by atoms with Crippen LogP contribution in [-0.2, 0) is 27.9 Å². The molecule has 0 aliphatic heterocycles. The molecule has 0 aliphatic carbocycles. The zero-order valence-corrected chi connectivity index (χ0v) is 24.2. The highest BCUT2D eigenvalue weighted by Gasteiger charge is 2.23. The van der Waals surface area contributed by atoms with Crippen LogP contribution >= 0.6 is 7.82 Å². The lowest BCUT2D eigenvalue weighted by atomic mass is 10.1. The lowest BCUT2D eigenvalue weighted by molar-refractivity contribution is -0.147. The largest absolute Gasteiger partial charge is 0.472 e. The Kier molecular flexibility index (Phi) is 24.3. The fourth-order valence-corrected chi connectivity index (χ4v) is 3.95. The van der Waals surface area contributed by atoms with Crippen molar-refractivity contribution in [2.75, 3.05) is 26.4 Å². The molecule has 0 rings (SSSR count). The van der Waals surface area contributed by atoms with E-state index < -0.39 is 26.5 Å². The first-order chi connectivity index (χ1) is 18.3. The van der Waals surface area contributed by atoms with Crippen molar-refractivity contribution in [3.63, 3.8) is 0 Å². The molecule has 1 amide bonds. The van der Waals surface area contributed by atoms with Gasteiger partial charge in [0.15, 0.2) is 0 Å². The number of phosphoric acid groups is 1. The molecular formula is C28H50NO8P. The van der Waals surface area contributed by atoms with Crippen LogP contribution in [0, 0.1) is 0 Å². The summed E-state index contributed by atoms with van der Waals surface area (Å²) in [7, 11) is -4.39. The highest BCUT2D eigenvalue weighted by atomic mass is 31.2. The number of carbonyl (C=O) groups excluding carboxylic acids is 2. The van der Waals surface area contributed by atoms with Gasteiger partial charge < -0.3 is 20.1 Å². The number of amides is 1. The summed E-state index contributed by atoms with van der Waals surface area (Å²) in [5.41, 5.74) is 0. The van der Waals surface area contributed by atoms with E-state index in [0.717, 1.165) is 64.2 Å². The lowest BCUT2D eigenvalue weighted by Crippen LogP contribution is -2.27. The number of allylic oxidation sites excluding steroid dienone is 6. The van der Waals surface area contributed by atoms with Crippen LogP contribution in [0.1, 0.15) is 97.3 Å². The Hall–Kier alpha value is -1.77. The normalized spacial score (nSPS) is 14.3. The van der Waals surface area contributed by atoms with Crippen LogP contribution in [-0.4, -0.2) is 54.3 Å². The van der Waals surface area contributed by atoms with Gasteiger partial charge in [-0.25, -0.2) is 4.57 Å². The molecule has 9 nitrogen and oxygen atoms in total. The van der Waals surface area contributed by atoms with E-state index in [1.807, 2.05) is 6.92 Å². The van der Waals surface area contributed by atoms with Gasteiger partial charge >= 0.3 is 13.8 Å². The second-order valence-electron chi connectivity index (χ2n) is 8.99. The number of rotatable bonds is 25. The molecule has 38 heavy (non-hydrogen) atoms. The van der Waals surface area contributed by atoms with Gasteiger partial charge in [0.1, 0.15) is 12.7 Å². The maximum atomic E-state index is 11.9. The molecule has 0 aromatic rings. The van der Waals surface area contributed by atoms with Crippen LogP contribution in [0.4, 0.5) is 0 Å². The van der Waals surface area contributed by atoms with Crippen molar-refractivity contribution in [3.05, 3.63) is 36.5 Å². The maximum Gasteiger partial charge on any atom is 0.472 e. The number of hydrogen-bond acceptors (Lipinski definition) is 7. The molecule has 0 fully saturated rings. The van der Waals surface area contributed by atoms with E-state index in [1.54, 1.807) is 0 Å². The number of phosphoric ester groups is 1. The number of hydrogen-bond donors (Lipinski definition) is 3. The van der Waals surface area contributed by atoms with E-state index in [4.69, 9.17) is 13.8 Å². The summed E-state index contributed by atoms with van der Waals surface area (Å²) in [5.74, 6) is -0.577. The zero-order chi connectivity index (χ0) is 28.3. The molecule has 0 aromatic carbocycles. The molecule has 0 saturated carbocycles. The number of carbonyl (C=O) groups is 2. The smallest absolute Gasteiger partial charge is 0.463 e. The minimum absolute atomic E-state index is 0.0707. The Bertz CT molecular complexity index is 738. The van der Waals surface area contributed by atoms with Crippen LogP contribution in [0.25, 0.3) is 0 Å². The molecule has 0 heterocycles. The highest BCUT2D eigenvalue weighted by molar-refractivity contribution is 7.47. The number of unbranched alkanes of at least 4 members (excludes halogenated alkanes) is 6. The SMILES string of the molecule is CC/C=C\C/C=C\C/C=C\CCCCCCCC(=O)NCCOP(=O)(O)OCC(O)COC(=O)CCCC. The Morgan fingerprint density at radius 2 is 1.50 bits per heavy atom. The van der Waals surface area contributed by atoms with Crippen LogP contribution in [0.15, 0.2) is 36.5 Å². The summed E-state index contributed by atoms with van der Waals surface area (Å²) < 4.78 is 26.2. The van der Waals surface area contributed by atoms with Gasteiger partial charge in [-0.2, -0.15) is 0 Å². The minimum Gasteiger partial charge on any atom is -0.463 e. The molecule has 10 heteroatoms. The van der Waals surface area contributed by atoms with Crippen LogP contribution in [0.3, 0.4) is 0 Å². The van der Waals surface area contributed by atoms with Crippen LogP contribution in [0.2, 0.25) is 0 Å². The molecule has 0 aromatic heterocycles. The summed E-state index contributed by atoms with van der Waals surface area (Å²) in [4.78, 5) is 32.9. The second-order valence-corrected chi connectivity index (χ2v) is 10.4. The zero-order valence-electron chi connectivity index (χ0n) is 23.4. The lowest BCUT2D eigenvalue weighted by Gasteiger charge is -2.15. The third kappa shape index (κ3) is 25.9. The van der Waals surface area contributed by atoms with E-state index in [1.165, 1.54) is 0 Å². The van der Waals surface area contributed by atoms with Gasteiger partial charge in [-0.05, 0) is 44.9 Å². The van der Waals surface area contributed by atoms with E-state index in [-0.39, 0.29) is 32.1 Å². The first-order valence-electron chi connectivity index (χ1n) is 14.0. The first kappa shape index (κ1) is 36.2. The summed E-state index contributed by atoms with van der Waals surface area (Å²) in [6.45, 7) is 3.09. The Labute approximate surface area is 229 Å². The summed E-state index contributed by atoms with van der Waals surface area (Å²) >= 11 is 0. The number of aliphatic hydroxyl groups is 1. The Morgan fingerprint density at radius 1 is 0.842 bits per heavy atom. The average molecular weight is 560 g/mol. The molecule has 0 spiro atoms. The fourth-order valence-electron chi connectivity index (χ4n) is 3.19. The van der Waals surface area contributed by atoms with Gasteiger partial charge in [0, 0.05) is 19.4 Å². The predicted octanol–water partition coefficient (Wildman–Crippen LogP) is 5.92. The highest BCUT2D eigenvalue weighted by Crippen LogP contribution is 2.42. The van der Waals surface area contributed by atoms with Gasteiger partial charge in [0.2, 0.25) is 5.91 Å². The number of ether oxygens (including phenoxy) is 1. The van der Waals surface area contributed by atoms with Gasteiger partial charge in [0.05, 0.1) is 13.2 Å². The van der Waals surface area contributed by atoms with E-state index in [2.05, 4.69) is 48.7 Å². The molecule has 0 bridgehead atoms. The number of esters is 1. The van der Waals surface area contributed by atoms with Crippen molar-refractivity contribution in [1.29, 1.82) is 0 Å². The molecule has 2 atom stereocenters. The third-order valence-electron chi connectivity index (χ3n) is 5.33. The third-order valence-corrected chi connectivity index (χ3v) is 6.32. The quantitative estimate of drug-likeness (QED) is 0.0544. The average Bonchev–Trinajstić information content (AvgIpc) is 2.89. The molecule has 220 valence electrons. The summed E-state index contributed by atoms with van der Waals surface area (Å²) in [5, 5.41) is 12.4. The van der Waals surface area contributed by atoms with Gasteiger partial charge in [-0.15, -0.1) is 0 Å². The van der Waals surface area contributed by atoms with Crippen LogP contribution in [0.5, 0.6) is 0 Å². The maximum absolute atomic E-state index is 11.9. The topological polar surface area (TPSA) is 131 Å². The fraction of sp³-hybridized carbons (Fsp3) is 0.714. The molecule has 0 radical (unpaired) electrons. The van der Waals surface area contributed by atoms with Crippen molar-refractivity contribution in [1.82, 2.24) is 5.32 Å². The van der Waals surface area contributed by atoms with Gasteiger partial charge in [-0.1, -0.05) is 76.0 Å². The monoisotopic (exact) mass is 559 g/mol. The van der Waals surface area contributed by atoms with E-state index in [9.17, 15) is 24.2 Å². The molecule has 0 aliphatic rings. The second kappa shape index (κ2) is 25.5. The van der Waals surface area contributed by atoms with Crippen molar-refractivity contribution in [2.24, 2.45) is 0 Å². The van der Waals surface area contributed by atoms with Crippen LogP contribution < -0.4 is 5.32 Å². The van der Waals surface area contributed by atoms with Crippen molar-refractivity contribution in [2.45, 2.75) is 103 Å². The number of nitrogens with one attached hydrogen (secondary N) is 1. The summed E-state index contributed by atoms with van der Waals surface area (Å²) in [6.07, 6.45) is 23.4. The van der Waals surface area contributed by atoms with Crippen molar-refractivity contribution < 1.29 is 37.9 Å². The minimum atomic E-state index is -4.39. The Balaban J connectivity index is 3.66. The molecule has 3 N–H and O–H groups in total. The van der Waals surface area contributed by atoms with E-state index >= 15 is 0 Å². The predicted molar refractivity (Wildman–Crippen MR) is 150 cm³/mol. The standard InChI is InChI=1S/C28H50NO8P/c1-3-5-7-8-9-10-11-12-13-14-15-16-17-18-19-20-27(31)29-22-23-36-38(33,34)37-25-26(30)24-35-28(32)21-6-4-2/h5,7,9-10,12-13,26,30H,3-4,6,8,11,14-25H2,1-2H3,(H,29,31)(H,33,34)/b7-5-,10-9-,13-12-. The molecular weight excluding hydrogens is 509 g/mol. The first-order valence-corrected chi connectivity index (χ1v) is 15.5. The van der Waals surface area contributed by atoms with Gasteiger partial charge in [0.25, 0.3) is 0 Å². The van der Waals surface area contributed by atoms with Gasteiger partial charge in [-0.3, -0.25) is 18.6 Å². The summed E-state index contributed by atoms with van der Waals surface area (Å²) in [6, 6.07) is 0. The Morgan fingerprint density at radius 3 is 2.21 bits per heavy atom. The van der Waals surface area contributed by atoms with Crippen molar-refractivity contribution >= 4 is 19.7 Å². The molecule has 0 saturated heterocycles. The van der Waals surface area contributed by atoms with Crippen molar-refractivity contribution in [3.8, 4) is 0 Å².